The quantitative estimate of drug-likeness (QED) is 0.768. The minimum atomic E-state index is 0.493. The molecule has 78 valence electrons. The molecule has 0 saturated heterocycles. The predicted octanol–water partition coefficient (Wildman–Crippen LogP) is 1.64. The number of ether oxygens (including phenoxy) is 2. The topological polar surface area (TPSA) is 56.5 Å². The summed E-state index contributed by atoms with van der Waals surface area (Å²) in [5.41, 5.74) is 1.47. The maximum Gasteiger partial charge on any atom is 0.295 e. The maximum absolute atomic E-state index is 5.45. The fourth-order valence-corrected chi connectivity index (χ4v) is 1.57. The molecule has 2 aromatic rings. The van der Waals surface area contributed by atoms with Gasteiger partial charge in [0.25, 0.3) is 6.01 Å². The molecule has 5 nitrogen and oxygen atoms in total. The summed E-state index contributed by atoms with van der Waals surface area (Å²) in [6.07, 6.45) is 0. The van der Waals surface area contributed by atoms with Crippen molar-refractivity contribution in [1.29, 1.82) is 0 Å². The highest BCUT2D eigenvalue weighted by atomic mass is 16.6. The van der Waals surface area contributed by atoms with Crippen molar-refractivity contribution in [2.45, 2.75) is 0 Å². The zero-order valence-electron chi connectivity index (χ0n) is 8.24. The van der Waals surface area contributed by atoms with Crippen LogP contribution in [0.15, 0.2) is 16.5 Å². The van der Waals surface area contributed by atoms with Gasteiger partial charge in [-0.05, 0) is 0 Å². The molecule has 0 atom stereocenters. The first-order valence-corrected chi connectivity index (χ1v) is 4.75. The Kier molecular flexibility index (Phi) is 1.71. The maximum atomic E-state index is 5.45. The first-order chi connectivity index (χ1) is 7.36. The van der Waals surface area contributed by atoms with E-state index in [2.05, 4.69) is 10.3 Å². The fourth-order valence-electron chi connectivity index (χ4n) is 1.57. The lowest BCUT2D eigenvalue weighted by atomic mass is 10.3. The van der Waals surface area contributed by atoms with Crippen LogP contribution in [0.5, 0.6) is 11.5 Å². The van der Waals surface area contributed by atoms with Gasteiger partial charge in [-0.2, -0.15) is 4.98 Å². The lowest BCUT2D eigenvalue weighted by Crippen LogP contribution is -2.15. The molecule has 1 aromatic carbocycles. The van der Waals surface area contributed by atoms with E-state index in [-0.39, 0.29) is 0 Å². The van der Waals surface area contributed by atoms with E-state index >= 15 is 0 Å². The summed E-state index contributed by atoms with van der Waals surface area (Å²) in [6, 6.07) is 4.12. The molecule has 0 saturated carbocycles. The number of nitrogens with zero attached hydrogens (tertiary/aromatic N) is 1. The van der Waals surface area contributed by atoms with Crippen LogP contribution in [0.4, 0.5) is 6.01 Å². The second-order valence-corrected chi connectivity index (χ2v) is 3.23. The summed E-state index contributed by atoms with van der Waals surface area (Å²) in [6.45, 7) is 1.15. The molecule has 0 fully saturated rings. The number of nitrogens with one attached hydrogen (secondary N) is 1. The fraction of sp³-hybridized carbons (Fsp3) is 0.300. The molecule has 0 bridgehead atoms. The Morgan fingerprint density at radius 1 is 1.20 bits per heavy atom. The van der Waals surface area contributed by atoms with Gasteiger partial charge in [0.1, 0.15) is 18.7 Å². The molecule has 0 aliphatic carbocycles. The number of benzene rings is 1. The second kappa shape index (κ2) is 3.05. The molecule has 0 spiro atoms. The average Bonchev–Trinajstić information content (AvgIpc) is 2.67. The van der Waals surface area contributed by atoms with Gasteiger partial charge in [-0.1, -0.05) is 0 Å². The van der Waals surface area contributed by atoms with E-state index < -0.39 is 0 Å². The van der Waals surface area contributed by atoms with Crippen molar-refractivity contribution in [3.63, 3.8) is 0 Å². The SMILES string of the molecule is CNc1nc2cc3c(cc2o1)OCCO3. The number of hydrogen-bond donors (Lipinski definition) is 1. The average molecular weight is 206 g/mol. The first-order valence-electron chi connectivity index (χ1n) is 4.75. The van der Waals surface area contributed by atoms with Gasteiger partial charge in [0.2, 0.25) is 0 Å². The van der Waals surface area contributed by atoms with Crippen LogP contribution >= 0.6 is 0 Å². The largest absolute Gasteiger partial charge is 0.486 e. The molecule has 2 heterocycles. The summed E-state index contributed by atoms with van der Waals surface area (Å²) in [4.78, 5) is 4.23. The number of oxazole rings is 1. The van der Waals surface area contributed by atoms with Gasteiger partial charge in [0, 0.05) is 19.2 Å². The normalized spacial score (nSPS) is 14.2. The first kappa shape index (κ1) is 8.40. The van der Waals surface area contributed by atoms with Crippen LogP contribution < -0.4 is 14.8 Å². The molecular formula is C10H10N2O3. The number of hydrogen-bond acceptors (Lipinski definition) is 5. The molecular weight excluding hydrogens is 196 g/mol. The highest BCUT2D eigenvalue weighted by Crippen LogP contribution is 2.35. The molecule has 1 aromatic heterocycles. The Balaban J connectivity index is 2.19. The van der Waals surface area contributed by atoms with Crippen LogP contribution in [0.25, 0.3) is 11.1 Å². The van der Waals surface area contributed by atoms with E-state index in [1.165, 1.54) is 0 Å². The highest BCUT2D eigenvalue weighted by molar-refractivity contribution is 5.79. The molecule has 5 heteroatoms. The van der Waals surface area contributed by atoms with Crippen molar-refractivity contribution in [3.05, 3.63) is 12.1 Å². The third-order valence-corrected chi connectivity index (χ3v) is 2.27. The minimum absolute atomic E-state index is 0.493. The van der Waals surface area contributed by atoms with Crippen molar-refractivity contribution < 1.29 is 13.9 Å². The van der Waals surface area contributed by atoms with Crippen molar-refractivity contribution in [3.8, 4) is 11.5 Å². The monoisotopic (exact) mass is 206 g/mol. The van der Waals surface area contributed by atoms with Crippen LogP contribution in [0.3, 0.4) is 0 Å². The van der Waals surface area contributed by atoms with Gasteiger partial charge < -0.3 is 19.2 Å². The third-order valence-electron chi connectivity index (χ3n) is 2.27. The van der Waals surface area contributed by atoms with Crippen molar-refractivity contribution in [2.24, 2.45) is 0 Å². The smallest absolute Gasteiger partial charge is 0.295 e. The van der Waals surface area contributed by atoms with E-state index in [1.807, 2.05) is 6.07 Å². The number of fused-ring (bicyclic) bond motifs is 2. The summed E-state index contributed by atoms with van der Waals surface area (Å²) in [7, 11) is 1.76. The summed E-state index contributed by atoms with van der Waals surface area (Å²) in [5.74, 6) is 1.44. The van der Waals surface area contributed by atoms with E-state index in [4.69, 9.17) is 13.9 Å². The Bertz CT molecular complexity index is 464. The van der Waals surface area contributed by atoms with E-state index in [1.54, 1.807) is 13.1 Å². The van der Waals surface area contributed by atoms with Gasteiger partial charge in [0.15, 0.2) is 17.1 Å². The third kappa shape index (κ3) is 1.27. The lowest BCUT2D eigenvalue weighted by molar-refractivity contribution is 0.172. The molecule has 0 unspecified atom stereocenters. The minimum Gasteiger partial charge on any atom is -0.486 e. The summed E-state index contributed by atoms with van der Waals surface area (Å²) < 4.78 is 16.3. The van der Waals surface area contributed by atoms with Crippen molar-refractivity contribution in [1.82, 2.24) is 4.98 Å². The highest BCUT2D eigenvalue weighted by Gasteiger charge is 2.15. The zero-order valence-corrected chi connectivity index (χ0v) is 8.24. The Labute approximate surface area is 86.0 Å². The van der Waals surface area contributed by atoms with Gasteiger partial charge in [-0.15, -0.1) is 0 Å². The molecule has 3 rings (SSSR count). The second-order valence-electron chi connectivity index (χ2n) is 3.23. The molecule has 1 aliphatic rings. The molecule has 1 N–H and O–H groups in total. The van der Waals surface area contributed by atoms with Crippen LogP contribution in [-0.2, 0) is 0 Å². The number of anilines is 1. The zero-order chi connectivity index (χ0) is 10.3. The number of aromatic nitrogens is 1. The van der Waals surface area contributed by atoms with Gasteiger partial charge in [-0.25, -0.2) is 0 Å². The van der Waals surface area contributed by atoms with Gasteiger partial charge in [0.05, 0.1) is 0 Å². The van der Waals surface area contributed by atoms with Crippen molar-refractivity contribution in [2.75, 3.05) is 25.6 Å². The molecule has 0 radical (unpaired) electrons. The predicted molar refractivity (Wildman–Crippen MR) is 54.5 cm³/mol. The van der Waals surface area contributed by atoms with Crippen LogP contribution in [-0.4, -0.2) is 25.2 Å². The standard InChI is InChI=1S/C10H10N2O3/c1-11-10-12-6-4-8-9(5-7(6)15-10)14-3-2-13-8/h4-5H,2-3H2,1H3,(H,11,12). The van der Waals surface area contributed by atoms with Crippen LogP contribution in [0.2, 0.25) is 0 Å². The van der Waals surface area contributed by atoms with E-state index in [0.29, 0.717) is 30.6 Å². The van der Waals surface area contributed by atoms with Crippen LogP contribution in [0.1, 0.15) is 0 Å². The Morgan fingerprint density at radius 3 is 2.67 bits per heavy atom. The van der Waals surface area contributed by atoms with E-state index in [9.17, 15) is 0 Å². The molecule has 0 amide bonds. The van der Waals surface area contributed by atoms with Crippen molar-refractivity contribution >= 4 is 17.1 Å². The molecule has 15 heavy (non-hydrogen) atoms. The summed E-state index contributed by atoms with van der Waals surface area (Å²) in [5, 5.41) is 2.85. The van der Waals surface area contributed by atoms with Gasteiger partial charge >= 0.3 is 0 Å². The lowest BCUT2D eigenvalue weighted by Gasteiger charge is -2.17. The number of rotatable bonds is 1. The van der Waals surface area contributed by atoms with Gasteiger partial charge in [-0.3, -0.25) is 0 Å². The summed E-state index contributed by atoms with van der Waals surface area (Å²) >= 11 is 0. The Morgan fingerprint density at radius 2 is 1.93 bits per heavy atom. The Hall–Kier alpha value is -1.91. The molecule has 1 aliphatic heterocycles. The van der Waals surface area contributed by atoms with E-state index in [0.717, 1.165) is 11.3 Å². The van der Waals surface area contributed by atoms with Crippen LogP contribution in [0, 0.1) is 0 Å².